The molecule has 5 N–H and O–H groups in total. The minimum Gasteiger partial charge on any atom is -0.355 e. The third-order valence-electron chi connectivity index (χ3n) is 5.47. The van der Waals surface area contributed by atoms with Crippen molar-refractivity contribution in [2.75, 3.05) is 11.9 Å². The number of nitrogens with two attached hydrogens (primary N) is 1. The molecule has 5 nitrogen and oxygen atoms in total. The van der Waals surface area contributed by atoms with Gasteiger partial charge in [0.25, 0.3) is 0 Å². The van der Waals surface area contributed by atoms with Crippen molar-refractivity contribution in [3.8, 4) is 0 Å². The molecule has 3 rings (SSSR count). The van der Waals surface area contributed by atoms with E-state index in [1.807, 2.05) is 31.2 Å². The molecule has 2 aromatic carbocycles. The average Bonchev–Trinajstić information content (AvgIpc) is 2.75. The standard InChI is InChI=1S/C24H27FN4O/c1-17-3-2-4-18(11-17)13-24(16-30)14-19(15-26)23(12-20(24)9-10-28-27)29-22-7-5-21(25)6-8-22/h2-8,11-12,15-16,26,28-29H,9-10,13-14,27H2,1H3. The highest BCUT2D eigenvalue weighted by atomic mass is 19.1. The summed E-state index contributed by atoms with van der Waals surface area (Å²) in [4.78, 5) is 12.5. The van der Waals surface area contributed by atoms with Crippen molar-refractivity contribution in [2.45, 2.75) is 26.2 Å². The molecule has 30 heavy (non-hydrogen) atoms. The van der Waals surface area contributed by atoms with Gasteiger partial charge in [-0.3, -0.25) is 11.3 Å². The van der Waals surface area contributed by atoms with Crippen LogP contribution in [0.25, 0.3) is 0 Å². The second-order valence-electron chi connectivity index (χ2n) is 7.71. The SMILES string of the molecule is Cc1cccc(CC2(C=O)CC(C=N)=C(Nc3ccc(F)cc3)C=C2CCNN)c1. The number of carbonyl (C=O) groups excluding carboxylic acids is 1. The predicted molar refractivity (Wildman–Crippen MR) is 119 cm³/mol. The molecule has 0 amide bonds. The summed E-state index contributed by atoms with van der Waals surface area (Å²) in [6.45, 7) is 2.56. The van der Waals surface area contributed by atoms with Crippen molar-refractivity contribution in [3.05, 3.63) is 88.4 Å². The Hall–Kier alpha value is -3.09. The Labute approximate surface area is 176 Å². The molecule has 0 saturated heterocycles. The number of hydrazine groups is 1. The molecule has 0 spiro atoms. The van der Waals surface area contributed by atoms with Crippen molar-refractivity contribution in [1.82, 2.24) is 5.43 Å². The number of allylic oxidation sites excluding steroid dienone is 2. The Morgan fingerprint density at radius 1 is 1.23 bits per heavy atom. The molecule has 0 bridgehead atoms. The van der Waals surface area contributed by atoms with Gasteiger partial charge in [-0.2, -0.15) is 0 Å². The van der Waals surface area contributed by atoms with Crippen molar-refractivity contribution in [1.29, 1.82) is 5.41 Å². The summed E-state index contributed by atoms with van der Waals surface area (Å²) >= 11 is 0. The monoisotopic (exact) mass is 406 g/mol. The topological polar surface area (TPSA) is 91.0 Å². The van der Waals surface area contributed by atoms with Gasteiger partial charge in [-0.1, -0.05) is 35.4 Å². The minimum absolute atomic E-state index is 0.311. The Kier molecular flexibility index (Phi) is 6.92. The van der Waals surface area contributed by atoms with Gasteiger partial charge in [0.15, 0.2) is 0 Å². The van der Waals surface area contributed by atoms with Gasteiger partial charge in [0.2, 0.25) is 0 Å². The van der Waals surface area contributed by atoms with Crippen LogP contribution in [0, 0.1) is 23.6 Å². The molecule has 0 fully saturated rings. The normalized spacial score (nSPS) is 18.7. The molecule has 0 saturated carbocycles. The number of rotatable bonds is 9. The fourth-order valence-corrected chi connectivity index (χ4v) is 3.94. The van der Waals surface area contributed by atoms with Crippen molar-refractivity contribution >= 4 is 18.2 Å². The number of aryl methyl sites for hydroxylation is 1. The molecule has 0 heterocycles. The Balaban J connectivity index is 1.99. The highest BCUT2D eigenvalue weighted by Gasteiger charge is 2.38. The Morgan fingerprint density at radius 2 is 2.00 bits per heavy atom. The van der Waals surface area contributed by atoms with Gasteiger partial charge in [-0.15, -0.1) is 0 Å². The van der Waals surface area contributed by atoms with Gasteiger partial charge in [0, 0.05) is 24.1 Å². The van der Waals surface area contributed by atoms with E-state index >= 15 is 0 Å². The molecule has 1 aliphatic rings. The Bertz CT molecular complexity index is 981. The van der Waals surface area contributed by atoms with E-state index in [4.69, 9.17) is 11.3 Å². The number of carbonyl (C=O) groups is 1. The quantitative estimate of drug-likeness (QED) is 0.219. The molecular formula is C24H27FN4O. The molecule has 6 heteroatoms. The van der Waals surface area contributed by atoms with Crippen LogP contribution in [0.3, 0.4) is 0 Å². The van der Waals surface area contributed by atoms with Gasteiger partial charge in [0.05, 0.1) is 5.41 Å². The average molecular weight is 407 g/mol. The third-order valence-corrected chi connectivity index (χ3v) is 5.47. The van der Waals surface area contributed by atoms with Crippen molar-refractivity contribution in [2.24, 2.45) is 11.3 Å². The lowest BCUT2D eigenvalue weighted by Gasteiger charge is -2.36. The van der Waals surface area contributed by atoms with Gasteiger partial charge < -0.3 is 15.5 Å². The van der Waals surface area contributed by atoms with Gasteiger partial charge in [-0.05, 0) is 67.7 Å². The number of halogens is 1. The van der Waals surface area contributed by atoms with E-state index in [1.54, 1.807) is 12.1 Å². The summed E-state index contributed by atoms with van der Waals surface area (Å²) in [6.07, 6.45) is 5.80. The van der Waals surface area contributed by atoms with E-state index in [-0.39, 0.29) is 5.82 Å². The van der Waals surface area contributed by atoms with E-state index in [1.165, 1.54) is 18.3 Å². The van der Waals surface area contributed by atoms with Crippen LogP contribution >= 0.6 is 0 Å². The first-order valence-corrected chi connectivity index (χ1v) is 9.92. The first-order chi connectivity index (χ1) is 14.5. The fourth-order valence-electron chi connectivity index (χ4n) is 3.94. The molecule has 156 valence electrons. The van der Waals surface area contributed by atoms with Crippen LogP contribution in [0.1, 0.15) is 24.0 Å². The molecule has 1 aliphatic carbocycles. The number of hydrogen-bond donors (Lipinski definition) is 4. The maximum absolute atomic E-state index is 13.2. The maximum atomic E-state index is 13.2. The van der Waals surface area contributed by atoms with Crippen LogP contribution in [0.5, 0.6) is 0 Å². The van der Waals surface area contributed by atoms with E-state index in [0.717, 1.165) is 39.9 Å². The van der Waals surface area contributed by atoms with Crippen LogP contribution < -0.4 is 16.6 Å². The summed E-state index contributed by atoms with van der Waals surface area (Å²) in [5.74, 6) is 5.20. The summed E-state index contributed by atoms with van der Waals surface area (Å²) < 4.78 is 13.2. The predicted octanol–water partition coefficient (Wildman–Crippen LogP) is 4.06. The second kappa shape index (κ2) is 9.61. The van der Waals surface area contributed by atoms with E-state index in [9.17, 15) is 9.18 Å². The summed E-state index contributed by atoms with van der Waals surface area (Å²) in [5.41, 5.74) is 7.27. The minimum atomic E-state index is -0.745. The zero-order valence-corrected chi connectivity index (χ0v) is 17.0. The van der Waals surface area contributed by atoms with Crippen molar-refractivity contribution in [3.63, 3.8) is 0 Å². The zero-order chi connectivity index (χ0) is 21.6. The van der Waals surface area contributed by atoms with Gasteiger partial charge in [0.1, 0.15) is 12.1 Å². The van der Waals surface area contributed by atoms with Crippen LogP contribution in [0.4, 0.5) is 10.1 Å². The number of hydrogen-bond acceptors (Lipinski definition) is 5. The van der Waals surface area contributed by atoms with E-state index < -0.39 is 5.41 Å². The first-order valence-electron chi connectivity index (χ1n) is 9.92. The molecule has 0 aromatic heterocycles. The number of anilines is 1. The largest absolute Gasteiger partial charge is 0.355 e. The Morgan fingerprint density at radius 3 is 2.63 bits per heavy atom. The van der Waals surface area contributed by atoms with Gasteiger partial charge in [-0.25, -0.2) is 4.39 Å². The van der Waals surface area contributed by atoms with Gasteiger partial charge >= 0.3 is 0 Å². The molecule has 0 aliphatic heterocycles. The van der Waals surface area contributed by atoms with Crippen LogP contribution in [-0.2, 0) is 11.2 Å². The van der Waals surface area contributed by atoms with Crippen LogP contribution in [0.2, 0.25) is 0 Å². The summed E-state index contributed by atoms with van der Waals surface area (Å²) in [7, 11) is 0. The second-order valence-corrected chi connectivity index (χ2v) is 7.71. The summed E-state index contributed by atoms with van der Waals surface area (Å²) in [6, 6.07) is 14.2. The van der Waals surface area contributed by atoms with E-state index in [0.29, 0.717) is 25.8 Å². The lowest BCUT2D eigenvalue weighted by atomic mass is 9.68. The zero-order valence-electron chi connectivity index (χ0n) is 17.0. The molecular weight excluding hydrogens is 379 g/mol. The lowest BCUT2D eigenvalue weighted by molar-refractivity contribution is -0.114. The number of benzene rings is 2. The molecule has 0 radical (unpaired) electrons. The molecule has 1 unspecified atom stereocenters. The first kappa shape index (κ1) is 21.6. The molecule has 1 atom stereocenters. The third kappa shape index (κ3) is 4.90. The smallest absolute Gasteiger partial charge is 0.130 e. The highest BCUT2D eigenvalue weighted by molar-refractivity contribution is 5.84. The maximum Gasteiger partial charge on any atom is 0.130 e. The fraction of sp³-hybridized carbons (Fsp3) is 0.250. The highest BCUT2D eigenvalue weighted by Crippen LogP contribution is 2.42. The van der Waals surface area contributed by atoms with Crippen molar-refractivity contribution < 1.29 is 9.18 Å². The summed E-state index contributed by atoms with van der Waals surface area (Å²) in [5, 5.41) is 11.2. The number of aldehydes is 1. The van der Waals surface area contributed by atoms with E-state index in [2.05, 4.69) is 16.8 Å². The molecule has 2 aromatic rings. The lowest BCUT2D eigenvalue weighted by Crippen LogP contribution is -2.35. The van der Waals surface area contributed by atoms with Crippen LogP contribution in [0.15, 0.2) is 71.5 Å². The number of nitrogens with one attached hydrogen (secondary N) is 3. The van der Waals surface area contributed by atoms with Crippen LogP contribution in [-0.4, -0.2) is 19.0 Å².